The van der Waals surface area contributed by atoms with Crippen LogP contribution in [0.4, 0.5) is 11.6 Å². The number of pyridine rings is 1. The number of aromatic nitrogens is 1. The monoisotopic (exact) mass is 317 g/mol. The number of hydrogen-bond donors (Lipinski definition) is 2. The molecule has 1 aliphatic heterocycles. The van der Waals surface area contributed by atoms with Crippen LogP contribution in [0.5, 0.6) is 0 Å². The van der Waals surface area contributed by atoms with Gasteiger partial charge in [-0.1, -0.05) is 23.2 Å². The number of nitrogens with zero attached hydrogens (tertiary/aromatic N) is 1. The van der Waals surface area contributed by atoms with Crippen LogP contribution in [-0.2, 0) is 4.74 Å². The first-order valence-electron chi connectivity index (χ1n) is 7.06. The van der Waals surface area contributed by atoms with Crippen LogP contribution in [0, 0.1) is 5.92 Å². The summed E-state index contributed by atoms with van der Waals surface area (Å²) in [6.45, 7) is 6.60. The smallest absolute Gasteiger partial charge is 0.147 e. The van der Waals surface area contributed by atoms with Crippen molar-refractivity contribution < 1.29 is 4.74 Å². The maximum Gasteiger partial charge on any atom is 0.147 e. The highest BCUT2D eigenvalue weighted by Gasteiger charge is 2.21. The van der Waals surface area contributed by atoms with Gasteiger partial charge in [0.1, 0.15) is 11.6 Å². The molecule has 2 rings (SSSR count). The van der Waals surface area contributed by atoms with Gasteiger partial charge in [-0.25, -0.2) is 4.98 Å². The SMILES string of the molecule is CCNc1nc(NC(C)C2CCOCC2)c(Cl)cc1Cl. The van der Waals surface area contributed by atoms with Gasteiger partial charge in [-0.05, 0) is 38.7 Å². The van der Waals surface area contributed by atoms with Gasteiger partial charge >= 0.3 is 0 Å². The average molecular weight is 318 g/mol. The van der Waals surface area contributed by atoms with Gasteiger partial charge in [-0.2, -0.15) is 0 Å². The Kier molecular flexibility index (Phi) is 5.75. The van der Waals surface area contributed by atoms with Crippen LogP contribution in [0.1, 0.15) is 26.7 Å². The molecule has 0 aromatic carbocycles. The van der Waals surface area contributed by atoms with Crippen LogP contribution in [0.3, 0.4) is 0 Å². The Bertz CT molecular complexity index is 450. The van der Waals surface area contributed by atoms with Crippen LogP contribution in [0.2, 0.25) is 10.0 Å². The minimum atomic E-state index is 0.305. The zero-order chi connectivity index (χ0) is 14.5. The standard InChI is InChI=1S/C14H21Cl2N3O/c1-3-17-13-11(15)8-12(16)14(19-13)18-9(2)10-4-6-20-7-5-10/h8-10H,3-7H2,1-2H3,(H2,17,18,19). The Morgan fingerprint density at radius 1 is 1.30 bits per heavy atom. The molecule has 0 saturated carbocycles. The number of nitrogens with one attached hydrogen (secondary N) is 2. The van der Waals surface area contributed by atoms with Crippen molar-refractivity contribution in [3.05, 3.63) is 16.1 Å². The fraction of sp³-hybridized carbons (Fsp3) is 0.643. The lowest BCUT2D eigenvalue weighted by Gasteiger charge is -2.29. The van der Waals surface area contributed by atoms with E-state index in [0.29, 0.717) is 33.6 Å². The van der Waals surface area contributed by atoms with Gasteiger partial charge in [0.05, 0.1) is 10.0 Å². The van der Waals surface area contributed by atoms with Gasteiger partial charge in [-0.15, -0.1) is 0 Å². The van der Waals surface area contributed by atoms with E-state index in [4.69, 9.17) is 27.9 Å². The lowest BCUT2D eigenvalue weighted by Crippen LogP contribution is -2.31. The zero-order valence-corrected chi connectivity index (χ0v) is 13.4. The van der Waals surface area contributed by atoms with Gasteiger partial charge in [0.2, 0.25) is 0 Å². The first kappa shape index (κ1) is 15.7. The maximum absolute atomic E-state index is 6.22. The topological polar surface area (TPSA) is 46.2 Å². The molecular formula is C14H21Cl2N3O. The van der Waals surface area contributed by atoms with Gasteiger partial charge < -0.3 is 15.4 Å². The van der Waals surface area contributed by atoms with Crippen molar-refractivity contribution in [2.75, 3.05) is 30.4 Å². The summed E-state index contributed by atoms with van der Waals surface area (Å²) in [6.07, 6.45) is 2.14. The molecule has 0 aliphatic carbocycles. The van der Waals surface area contributed by atoms with E-state index in [-0.39, 0.29) is 0 Å². The molecule has 1 fully saturated rings. The largest absolute Gasteiger partial charge is 0.381 e. The number of hydrogen-bond acceptors (Lipinski definition) is 4. The van der Waals surface area contributed by atoms with E-state index in [2.05, 4.69) is 22.5 Å². The van der Waals surface area contributed by atoms with Crippen molar-refractivity contribution in [2.24, 2.45) is 5.92 Å². The molecule has 1 saturated heterocycles. The third-order valence-corrected chi connectivity index (χ3v) is 4.19. The second kappa shape index (κ2) is 7.34. The molecule has 1 aliphatic rings. The van der Waals surface area contributed by atoms with Gasteiger partial charge in [0.15, 0.2) is 0 Å². The highest BCUT2D eigenvalue weighted by atomic mass is 35.5. The number of ether oxygens (including phenoxy) is 1. The highest BCUT2D eigenvalue weighted by Crippen LogP contribution is 2.31. The summed E-state index contributed by atoms with van der Waals surface area (Å²) in [7, 11) is 0. The van der Waals surface area contributed by atoms with E-state index in [9.17, 15) is 0 Å². The van der Waals surface area contributed by atoms with Gasteiger partial charge in [0, 0.05) is 25.8 Å². The third kappa shape index (κ3) is 3.90. The molecular weight excluding hydrogens is 297 g/mol. The van der Waals surface area contributed by atoms with Crippen molar-refractivity contribution in [1.82, 2.24) is 4.98 Å². The number of halogens is 2. The average Bonchev–Trinajstić information content (AvgIpc) is 2.45. The fourth-order valence-corrected chi connectivity index (χ4v) is 2.89. The quantitative estimate of drug-likeness (QED) is 0.860. The molecule has 2 heterocycles. The summed E-state index contributed by atoms with van der Waals surface area (Å²) >= 11 is 12.3. The van der Waals surface area contributed by atoms with Crippen molar-refractivity contribution >= 4 is 34.8 Å². The predicted molar refractivity (Wildman–Crippen MR) is 85.0 cm³/mol. The summed E-state index contributed by atoms with van der Waals surface area (Å²) in [4.78, 5) is 4.48. The van der Waals surface area contributed by atoms with E-state index in [1.807, 2.05) is 6.92 Å². The van der Waals surface area contributed by atoms with Crippen LogP contribution >= 0.6 is 23.2 Å². The number of rotatable bonds is 5. The molecule has 6 heteroatoms. The molecule has 20 heavy (non-hydrogen) atoms. The summed E-state index contributed by atoms with van der Waals surface area (Å²) in [5, 5.41) is 7.64. The Balaban J connectivity index is 2.09. The lowest BCUT2D eigenvalue weighted by molar-refractivity contribution is 0.0622. The molecule has 4 nitrogen and oxygen atoms in total. The predicted octanol–water partition coefficient (Wildman–Crippen LogP) is 4.05. The minimum absolute atomic E-state index is 0.305. The molecule has 0 spiro atoms. The van der Waals surface area contributed by atoms with Crippen LogP contribution in [0.25, 0.3) is 0 Å². The Labute approximate surface area is 130 Å². The van der Waals surface area contributed by atoms with Gasteiger partial charge in [0.25, 0.3) is 0 Å². The van der Waals surface area contributed by atoms with Crippen molar-refractivity contribution in [2.45, 2.75) is 32.7 Å². The van der Waals surface area contributed by atoms with Crippen LogP contribution < -0.4 is 10.6 Å². The second-order valence-electron chi connectivity index (χ2n) is 5.06. The summed E-state index contributed by atoms with van der Waals surface area (Å²) < 4.78 is 5.39. The van der Waals surface area contributed by atoms with E-state index < -0.39 is 0 Å². The van der Waals surface area contributed by atoms with E-state index in [1.54, 1.807) is 6.07 Å². The van der Waals surface area contributed by atoms with Gasteiger partial charge in [-0.3, -0.25) is 0 Å². The van der Waals surface area contributed by atoms with Crippen molar-refractivity contribution in [3.8, 4) is 0 Å². The first-order valence-corrected chi connectivity index (χ1v) is 7.81. The molecule has 2 N–H and O–H groups in total. The van der Waals surface area contributed by atoms with Crippen LogP contribution in [0.15, 0.2) is 6.07 Å². The van der Waals surface area contributed by atoms with Crippen LogP contribution in [-0.4, -0.2) is 30.8 Å². The molecule has 0 radical (unpaired) electrons. The molecule has 1 aromatic heterocycles. The number of anilines is 2. The van der Waals surface area contributed by atoms with Crippen molar-refractivity contribution in [1.29, 1.82) is 0 Å². The first-order chi connectivity index (χ1) is 9.61. The molecule has 0 amide bonds. The third-order valence-electron chi connectivity index (χ3n) is 3.61. The normalized spacial score (nSPS) is 17.8. The Morgan fingerprint density at radius 2 is 1.95 bits per heavy atom. The summed E-state index contributed by atoms with van der Waals surface area (Å²) in [6, 6.07) is 2.03. The molecule has 112 valence electrons. The zero-order valence-electron chi connectivity index (χ0n) is 11.9. The highest BCUT2D eigenvalue weighted by molar-refractivity contribution is 6.37. The van der Waals surface area contributed by atoms with Crippen molar-refractivity contribution in [3.63, 3.8) is 0 Å². The Hall–Kier alpha value is -0.710. The molecule has 1 unspecified atom stereocenters. The molecule has 1 atom stereocenters. The lowest BCUT2D eigenvalue weighted by atomic mass is 9.93. The summed E-state index contributed by atoms with van der Waals surface area (Å²) in [5.41, 5.74) is 0. The maximum atomic E-state index is 6.22. The van der Waals surface area contributed by atoms with E-state index >= 15 is 0 Å². The van der Waals surface area contributed by atoms with E-state index in [1.165, 1.54) is 0 Å². The summed E-state index contributed by atoms with van der Waals surface area (Å²) in [5.74, 6) is 1.94. The van der Waals surface area contributed by atoms with E-state index in [0.717, 1.165) is 32.6 Å². The molecule has 0 bridgehead atoms. The minimum Gasteiger partial charge on any atom is -0.381 e. The molecule has 1 aromatic rings. The Morgan fingerprint density at radius 3 is 2.60 bits per heavy atom. The fourth-order valence-electron chi connectivity index (χ4n) is 2.41. The second-order valence-corrected chi connectivity index (χ2v) is 5.88.